The van der Waals surface area contributed by atoms with Gasteiger partial charge in [0.25, 0.3) is 0 Å². The Morgan fingerprint density at radius 3 is 2.68 bits per heavy atom. The normalized spacial score (nSPS) is 15.9. The van der Waals surface area contributed by atoms with Gasteiger partial charge in [-0.05, 0) is 24.5 Å². The summed E-state index contributed by atoms with van der Waals surface area (Å²) in [6.07, 6.45) is -2.07. The number of hydrogen-bond donors (Lipinski definition) is 1. The van der Waals surface area contributed by atoms with Crippen molar-refractivity contribution in [3.8, 4) is 0 Å². The van der Waals surface area contributed by atoms with Gasteiger partial charge in [0.2, 0.25) is 0 Å². The number of aromatic nitrogens is 1. The van der Waals surface area contributed by atoms with Crippen LogP contribution in [0, 0.1) is 0 Å². The molecule has 7 heteroatoms. The molecule has 0 fully saturated rings. The molecule has 0 radical (unpaired) electrons. The van der Waals surface area contributed by atoms with Gasteiger partial charge in [-0.2, -0.15) is 18.3 Å². The minimum atomic E-state index is -4.47. The van der Waals surface area contributed by atoms with Crippen molar-refractivity contribution in [2.24, 2.45) is 5.10 Å². The summed E-state index contributed by atoms with van der Waals surface area (Å²) in [5.74, 6) is 0.103. The van der Waals surface area contributed by atoms with E-state index in [2.05, 4.69) is 15.5 Å². The Bertz CT molecular complexity index is 741. The Hall–Kier alpha value is -2.08. The third kappa shape index (κ3) is 2.92. The van der Waals surface area contributed by atoms with Gasteiger partial charge in [-0.25, -0.2) is 4.98 Å². The quantitative estimate of drug-likeness (QED) is 0.824. The number of benzene rings is 1. The molecule has 3 rings (SSSR count). The van der Waals surface area contributed by atoms with E-state index in [1.54, 1.807) is 0 Å². The fourth-order valence-corrected chi connectivity index (χ4v) is 2.53. The van der Waals surface area contributed by atoms with Crippen molar-refractivity contribution in [2.75, 3.05) is 5.43 Å². The second-order valence-electron chi connectivity index (χ2n) is 4.88. The lowest BCUT2D eigenvalue weighted by atomic mass is 10.1. The first-order chi connectivity index (χ1) is 10.4. The van der Waals surface area contributed by atoms with Gasteiger partial charge in [0.1, 0.15) is 0 Å². The number of alkyl halides is 3. The van der Waals surface area contributed by atoms with E-state index in [1.807, 2.05) is 24.3 Å². The lowest BCUT2D eigenvalue weighted by Crippen LogP contribution is -2.07. The van der Waals surface area contributed by atoms with Gasteiger partial charge in [-0.3, -0.25) is 5.43 Å². The highest BCUT2D eigenvalue weighted by Gasteiger charge is 2.31. The van der Waals surface area contributed by atoms with Crippen LogP contribution in [-0.2, 0) is 12.6 Å². The third-order valence-corrected chi connectivity index (χ3v) is 3.71. The SMILES string of the molecule is FC(F)(F)c1cnc(N/N=C2/CCc3ccccc32)c(Cl)c1. The molecule has 1 aliphatic carbocycles. The van der Waals surface area contributed by atoms with Crippen molar-refractivity contribution in [1.82, 2.24) is 4.98 Å². The number of pyridine rings is 1. The lowest BCUT2D eigenvalue weighted by Gasteiger charge is -2.09. The summed E-state index contributed by atoms with van der Waals surface area (Å²) in [6.45, 7) is 0. The number of halogens is 4. The molecule has 0 saturated carbocycles. The summed E-state index contributed by atoms with van der Waals surface area (Å²) < 4.78 is 37.6. The maximum absolute atomic E-state index is 12.5. The maximum Gasteiger partial charge on any atom is 0.417 e. The van der Waals surface area contributed by atoms with Crippen LogP contribution in [0.1, 0.15) is 23.1 Å². The fraction of sp³-hybridized carbons (Fsp3) is 0.200. The fourth-order valence-electron chi connectivity index (χ4n) is 2.32. The highest BCUT2D eigenvalue weighted by Crippen LogP contribution is 2.32. The molecule has 0 saturated heterocycles. The highest BCUT2D eigenvalue weighted by molar-refractivity contribution is 6.33. The molecule has 0 spiro atoms. The molecule has 2 aromatic rings. The Morgan fingerprint density at radius 2 is 1.95 bits per heavy atom. The number of nitrogens with zero attached hydrogens (tertiary/aromatic N) is 2. The molecule has 22 heavy (non-hydrogen) atoms. The van der Waals surface area contributed by atoms with E-state index in [0.29, 0.717) is 0 Å². The molecule has 0 amide bonds. The van der Waals surface area contributed by atoms with E-state index in [-0.39, 0.29) is 10.8 Å². The first kappa shape index (κ1) is 14.8. The van der Waals surface area contributed by atoms with Crippen LogP contribution in [0.3, 0.4) is 0 Å². The van der Waals surface area contributed by atoms with E-state index in [1.165, 1.54) is 5.56 Å². The Labute approximate surface area is 129 Å². The molecule has 1 aromatic heterocycles. The summed E-state index contributed by atoms with van der Waals surface area (Å²) in [5, 5.41) is 4.11. The summed E-state index contributed by atoms with van der Waals surface area (Å²) >= 11 is 5.83. The minimum Gasteiger partial charge on any atom is -0.260 e. The molecule has 1 heterocycles. The Morgan fingerprint density at radius 1 is 1.18 bits per heavy atom. The van der Waals surface area contributed by atoms with Crippen LogP contribution in [0.5, 0.6) is 0 Å². The van der Waals surface area contributed by atoms with Crippen molar-refractivity contribution in [3.05, 3.63) is 58.2 Å². The molecule has 0 aliphatic heterocycles. The zero-order chi connectivity index (χ0) is 15.7. The van der Waals surface area contributed by atoms with E-state index in [0.717, 1.165) is 36.4 Å². The number of hydrazone groups is 1. The van der Waals surface area contributed by atoms with Crippen molar-refractivity contribution in [3.63, 3.8) is 0 Å². The van der Waals surface area contributed by atoms with Gasteiger partial charge in [0, 0.05) is 11.8 Å². The molecule has 0 bridgehead atoms. The van der Waals surface area contributed by atoms with Crippen LogP contribution in [0.4, 0.5) is 19.0 Å². The molecule has 0 atom stereocenters. The largest absolute Gasteiger partial charge is 0.417 e. The number of fused-ring (bicyclic) bond motifs is 1. The monoisotopic (exact) mass is 325 g/mol. The molecular weight excluding hydrogens is 315 g/mol. The van der Waals surface area contributed by atoms with Crippen LogP contribution in [0.25, 0.3) is 0 Å². The molecule has 1 aromatic carbocycles. The summed E-state index contributed by atoms with van der Waals surface area (Å²) in [7, 11) is 0. The second kappa shape index (κ2) is 5.61. The van der Waals surface area contributed by atoms with Gasteiger partial charge < -0.3 is 0 Å². The van der Waals surface area contributed by atoms with Gasteiger partial charge >= 0.3 is 6.18 Å². The van der Waals surface area contributed by atoms with E-state index >= 15 is 0 Å². The first-order valence-corrected chi connectivity index (χ1v) is 6.96. The number of rotatable bonds is 2. The van der Waals surface area contributed by atoms with Crippen LogP contribution in [0.15, 0.2) is 41.6 Å². The predicted octanol–water partition coefficient (Wildman–Crippen LogP) is 4.52. The van der Waals surface area contributed by atoms with Gasteiger partial charge in [0.05, 0.1) is 16.3 Å². The van der Waals surface area contributed by atoms with Crippen molar-refractivity contribution >= 4 is 23.1 Å². The van der Waals surface area contributed by atoms with Crippen LogP contribution >= 0.6 is 11.6 Å². The molecule has 3 nitrogen and oxygen atoms in total. The van der Waals surface area contributed by atoms with E-state index < -0.39 is 11.7 Å². The minimum absolute atomic E-state index is 0.103. The standard InChI is InChI=1S/C15H11ClF3N3/c16-12-7-10(15(17,18)19)8-20-14(12)22-21-13-6-5-9-3-1-2-4-11(9)13/h1-4,7-8H,5-6H2,(H,20,22)/b21-13-. The molecular formula is C15H11ClF3N3. The zero-order valence-corrected chi connectivity index (χ0v) is 12.0. The average molecular weight is 326 g/mol. The predicted molar refractivity (Wildman–Crippen MR) is 79.2 cm³/mol. The van der Waals surface area contributed by atoms with Gasteiger partial charge in [-0.1, -0.05) is 35.9 Å². The van der Waals surface area contributed by atoms with Crippen molar-refractivity contribution < 1.29 is 13.2 Å². The smallest absolute Gasteiger partial charge is 0.260 e. The van der Waals surface area contributed by atoms with Crippen LogP contribution < -0.4 is 5.43 Å². The first-order valence-electron chi connectivity index (χ1n) is 6.59. The number of aryl methyl sites for hydroxylation is 1. The molecule has 1 N–H and O–H groups in total. The van der Waals surface area contributed by atoms with Crippen molar-refractivity contribution in [2.45, 2.75) is 19.0 Å². The van der Waals surface area contributed by atoms with Crippen LogP contribution in [0.2, 0.25) is 5.02 Å². The molecule has 0 unspecified atom stereocenters. The molecule has 114 valence electrons. The zero-order valence-electron chi connectivity index (χ0n) is 11.3. The number of hydrogen-bond acceptors (Lipinski definition) is 3. The summed E-state index contributed by atoms with van der Waals surface area (Å²) in [5.41, 5.74) is 4.85. The van der Waals surface area contributed by atoms with Gasteiger partial charge in [0.15, 0.2) is 5.82 Å². The molecule has 1 aliphatic rings. The highest BCUT2D eigenvalue weighted by atomic mass is 35.5. The summed E-state index contributed by atoms with van der Waals surface area (Å²) in [6, 6.07) is 8.71. The van der Waals surface area contributed by atoms with Crippen LogP contribution in [-0.4, -0.2) is 10.7 Å². The number of anilines is 1. The van der Waals surface area contributed by atoms with Gasteiger partial charge in [-0.15, -0.1) is 0 Å². The van der Waals surface area contributed by atoms with Crippen molar-refractivity contribution in [1.29, 1.82) is 0 Å². The second-order valence-corrected chi connectivity index (χ2v) is 5.29. The number of nitrogens with one attached hydrogen (secondary N) is 1. The third-order valence-electron chi connectivity index (χ3n) is 3.42. The van der Waals surface area contributed by atoms with E-state index in [4.69, 9.17) is 11.6 Å². The Balaban J connectivity index is 1.82. The summed E-state index contributed by atoms with van der Waals surface area (Å²) in [4.78, 5) is 3.69. The average Bonchev–Trinajstić information content (AvgIpc) is 2.88. The maximum atomic E-state index is 12.5. The van der Waals surface area contributed by atoms with E-state index in [9.17, 15) is 13.2 Å². The Kier molecular flexibility index (Phi) is 3.78. The lowest BCUT2D eigenvalue weighted by molar-refractivity contribution is -0.137. The topological polar surface area (TPSA) is 37.3 Å².